The van der Waals surface area contributed by atoms with E-state index < -0.39 is 0 Å². The van der Waals surface area contributed by atoms with Crippen LogP contribution in [0.15, 0.2) is 23.8 Å². The number of rotatable bonds is 5. The van der Waals surface area contributed by atoms with Crippen LogP contribution < -0.4 is 17.0 Å². The van der Waals surface area contributed by atoms with Gasteiger partial charge in [0.2, 0.25) is 0 Å². The first-order chi connectivity index (χ1) is 8.70. The number of hydrogen-bond acceptors (Lipinski definition) is 0. The highest BCUT2D eigenvalue weighted by Crippen LogP contribution is 2.41. The Balaban J connectivity index is 0.00000361. The number of nitrogens with zero attached hydrogens (tertiary/aromatic N) is 1. The van der Waals surface area contributed by atoms with E-state index in [1.165, 1.54) is 12.8 Å². The largest absolute Gasteiger partial charge is 1.00 e. The van der Waals surface area contributed by atoms with Crippen molar-refractivity contribution in [3.63, 3.8) is 0 Å². The molecule has 0 amide bonds. The quantitative estimate of drug-likeness (QED) is 0.369. The highest BCUT2D eigenvalue weighted by Gasteiger charge is 2.31. The fourth-order valence-electron chi connectivity index (χ4n) is 2.91. The number of allylic oxidation sites excluding steroid dienone is 3. The predicted molar refractivity (Wildman–Crippen MR) is 89.6 cm³/mol. The van der Waals surface area contributed by atoms with Crippen molar-refractivity contribution in [2.75, 3.05) is 26.0 Å². The molecular formula is C17H31Br2N. The zero-order valence-electron chi connectivity index (χ0n) is 13.9. The molecule has 20 heavy (non-hydrogen) atoms. The van der Waals surface area contributed by atoms with Gasteiger partial charge in [0, 0.05) is 5.92 Å². The molecule has 1 aliphatic rings. The molecule has 0 bridgehead atoms. The fourth-order valence-corrected chi connectivity index (χ4v) is 3.82. The maximum absolute atomic E-state index is 3.56. The van der Waals surface area contributed by atoms with Gasteiger partial charge < -0.3 is 21.5 Å². The van der Waals surface area contributed by atoms with Crippen LogP contribution in [0.4, 0.5) is 0 Å². The average molecular weight is 409 g/mol. The lowest BCUT2D eigenvalue weighted by Gasteiger charge is -2.38. The smallest absolute Gasteiger partial charge is 0.104 e. The Hall–Kier alpha value is 0.400. The molecule has 0 aliphatic heterocycles. The molecule has 0 saturated heterocycles. The summed E-state index contributed by atoms with van der Waals surface area (Å²) in [6.45, 7) is 10.6. The minimum Gasteiger partial charge on any atom is -1.00 e. The molecule has 0 fully saturated rings. The van der Waals surface area contributed by atoms with E-state index in [0.29, 0.717) is 17.4 Å². The van der Waals surface area contributed by atoms with E-state index in [1.54, 1.807) is 5.57 Å². The van der Waals surface area contributed by atoms with Gasteiger partial charge >= 0.3 is 0 Å². The summed E-state index contributed by atoms with van der Waals surface area (Å²) in [4.78, 5) is 0. The van der Waals surface area contributed by atoms with Crippen molar-refractivity contribution < 1.29 is 21.5 Å². The Labute approximate surface area is 145 Å². The van der Waals surface area contributed by atoms with Crippen LogP contribution in [0.25, 0.3) is 0 Å². The molecule has 118 valence electrons. The molecule has 0 spiro atoms. The van der Waals surface area contributed by atoms with Crippen molar-refractivity contribution in [2.45, 2.75) is 46.6 Å². The van der Waals surface area contributed by atoms with Crippen molar-refractivity contribution in [3.8, 4) is 0 Å². The van der Waals surface area contributed by atoms with Gasteiger partial charge in [-0.25, -0.2) is 0 Å². The van der Waals surface area contributed by atoms with Gasteiger partial charge in [0.15, 0.2) is 0 Å². The van der Waals surface area contributed by atoms with Crippen LogP contribution >= 0.6 is 15.9 Å². The van der Waals surface area contributed by atoms with E-state index in [0.717, 1.165) is 16.4 Å². The minimum absolute atomic E-state index is 0. The number of halogens is 2. The summed E-state index contributed by atoms with van der Waals surface area (Å²) >= 11 is 3.56. The maximum Gasteiger partial charge on any atom is 0.104 e. The summed E-state index contributed by atoms with van der Waals surface area (Å²) in [5.41, 5.74) is 1.95. The summed E-state index contributed by atoms with van der Waals surface area (Å²) in [7, 11) is 4.62. The van der Waals surface area contributed by atoms with Crippen LogP contribution in [0.2, 0.25) is 0 Å². The first-order valence-electron chi connectivity index (χ1n) is 7.44. The van der Waals surface area contributed by atoms with Crippen LogP contribution in [-0.4, -0.2) is 36.5 Å². The van der Waals surface area contributed by atoms with Gasteiger partial charge in [-0.1, -0.05) is 47.5 Å². The summed E-state index contributed by atoms with van der Waals surface area (Å²) in [6.07, 6.45) is 9.85. The average Bonchev–Trinajstić information content (AvgIpc) is 2.27. The van der Waals surface area contributed by atoms with E-state index in [2.05, 4.69) is 75.9 Å². The predicted octanol–water partition coefficient (Wildman–Crippen LogP) is 1.79. The van der Waals surface area contributed by atoms with Gasteiger partial charge in [-0.3, -0.25) is 0 Å². The summed E-state index contributed by atoms with van der Waals surface area (Å²) in [6, 6.07) is 0.558. The van der Waals surface area contributed by atoms with Crippen molar-refractivity contribution in [1.82, 2.24) is 0 Å². The van der Waals surface area contributed by atoms with E-state index in [9.17, 15) is 0 Å². The topological polar surface area (TPSA) is 0 Å². The number of likely N-dealkylation sites (N-methyl/N-ethyl adjacent to an activating group) is 1. The van der Waals surface area contributed by atoms with Gasteiger partial charge in [0.05, 0.1) is 26.0 Å². The van der Waals surface area contributed by atoms with Crippen molar-refractivity contribution in [3.05, 3.63) is 23.8 Å². The molecule has 0 aromatic heterocycles. The Bertz CT molecular complexity index is 356. The molecule has 0 N–H and O–H groups in total. The number of alkyl halides is 1. The Morgan fingerprint density at radius 1 is 1.45 bits per heavy atom. The van der Waals surface area contributed by atoms with E-state index >= 15 is 0 Å². The maximum atomic E-state index is 3.56. The van der Waals surface area contributed by atoms with Crippen LogP contribution in [0.3, 0.4) is 0 Å². The Morgan fingerprint density at radius 3 is 2.55 bits per heavy atom. The molecule has 2 atom stereocenters. The molecule has 0 saturated carbocycles. The van der Waals surface area contributed by atoms with Crippen LogP contribution in [0, 0.1) is 11.3 Å². The summed E-state index contributed by atoms with van der Waals surface area (Å²) < 4.78 is 1.04. The zero-order chi connectivity index (χ0) is 14.7. The number of hydrogen-bond donors (Lipinski definition) is 0. The van der Waals surface area contributed by atoms with Crippen LogP contribution in [-0.2, 0) is 0 Å². The van der Waals surface area contributed by atoms with E-state index in [-0.39, 0.29) is 17.0 Å². The second-order valence-corrected chi connectivity index (χ2v) is 8.06. The fraction of sp³-hybridized carbons (Fsp3) is 0.765. The number of quaternary nitrogens is 1. The monoisotopic (exact) mass is 407 g/mol. The van der Waals surface area contributed by atoms with Gasteiger partial charge in [-0.15, -0.1) is 0 Å². The Morgan fingerprint density at radius 2 is 2.05 bits per heavy atom. The molecule has 1 rings (SSSR count). The lowest BCUT2D eigenvalue weighted by atomic mass is 9.68. The highest BCUT2D eigenvalue weighted by molar-refractivity contribution is 9.09. The molecule has 0 heterocycles. The first kappa shape index (κ1) is 20.4. The molecule has 1 nitrogen and oxygen atoms in total. The normalized spacial score (nSPS) is 24.1. The van der Waals surface area contributed by atoms with Gasteiger partial charge in [-0.05, 0) is 38.2 Å². The second-order valence-electron chi connectivity index (χ2n) is 7.27. The van der Waals surface area contributed by atoms with Crippen molar-refractivity contribution >= 4 is 15.9 Å². The highest BCUT2D eigenvalue weighted by atomic mass is 79.9. The van der Waals surface area contributed by atoms with Gasteiger partial charge in [0.25, 0.3) is 0 Å². The van der Waals surface area contributed by atoms with E-state index in [4.69, 9.17) is 0 Å². The molecule has 0 aromatic rings. The van der Waals surface area contributed by atoms with Crippen molar-refractivity contribution in [1.29, 1.82) is 0 Å². The lowest BCUT2D eigenvalue weighted by molar-refractivity contribution is -0.903. The minimum atomic E-state index is 0. The molecule has 3 heteroatoms. The summed E-state index contributed by atoms with van der Waals surface area (Å²) in [5, 5.41) is 1.06. The zero-order valence-corrected chi connectivity index (χ0v) is 17.1. The van der Waals surface area contributed by atoms with Crippen LogP contribution in [0.5, 0.6) is 0 Å². The molecule has 0 radical (unpaired) electrons. The molecule has 2 unspecified atom stereocenters. The summed E-state index contributed by atoms with van der Waals surface area (Å²) in [5.74, 6) is 0.604. The van der Waals surface area contributed by atoms with Crippen LogP contribution in [0.1, 0.15) is 40.5 Å². The third-order valence-corrected chi connectivity index (χ3v) is 5.29. The van der Waals surface area contributed by atoms with Gasteiger partial charge in [0.1, 0.15) is 6.04 Å². The molecule has 0 aromatic carbocycles. The second kappa shape index (κ2) is 8.14. The van der Waals surface area contributed by atoms with E-state index in [1.807, 2.05) is 0 Å². The standard InChI is InChI=1S/C17H31BrN.BrH/c1-14-8-7-11-17(3,4)16(14)10-9-15(2)19(5,6)13-12-18;/h8-10,15-16H,7,11-13H2,1-6H3;1H/q+1;/p-1. The third kappa shape index (κ3) is 5.31. The molecular weight excluding hydrogens is 378 g/mol. The van der Waals surface area contributed by atoms with Crippen molar-refractivity contribution in [2.24, 2.45) is 11.3 Å². The SMILES string of the molecule is CC1=CCCC(C)(C)C1C=CC(C)[N+](C)(C)CCBr.[Br-]. The first-order valence-corrected chi connectivity index (χ1v) is 8.56. The molecule has 1 aliphatic carbocycles. The third-order valence-electron chi connectivity index (χ3n) is 4.93. The lowest BCUT2D eigenvalue weighted by Crippen LogP contribution is -3.00. The Kier molecular flexibility index (Phi) is 8.31. The van der Waals surface area contributed by atoms with Gasteiger partial charge in [-0.2, -0.15) is 0 Å².